The van der Waals surface area contributed by atoms with Gasteiger partial charge in [0.25, 0.3) is 0 Å². The topological polar surface area (TPSA) is 34.4 Å². The number of nitrogens with one attached hydrogen (secondary N) is 1. The van der Waals surface area contributed by atoms with Gasteiger partial charge in [0.05, 0.1) is 6.26 Å². The van der Waals surface area contributed by atoms with Gasteiger partial charge in [-0.15, -0.1) is 0 Å². The first kappa shape index (κ1) is 14.0. The minimum Gasteiger partial charge on any atom is -0.482 e. The second-order valence-electron chi connectivity index (χ2n) is 3.89. The molecule has 102 valence electrons. The smallest absolute Gasteiger partial charge is 0.200 e. The monoisotopic (exact) mass is 331 g/mol. The Morgan fingerprint density at radius 2 is 2.16 bits per heavy atom. The van der Waals surface area contributed by atoms with Crippen molar-refractivity contribution in [2.45, 2.75) is 13.2 Å². The van der Waals surface area contributed by atoms with Crippen molar-refractivity contribution >= 4 is 15.9 Å². The summed E-state index contributed by atoms with van der Waals surface area (Å²) in [7, 11) is 1.81. The van der Waals surface area contributed by atoms with E-state index >= 15 is 0 Å². The van der Waals surface area contributed by atoms with Crippen molar-refractivity contribution in [1.29, 1.82) is 0 Å². The van der Waals surface area contributed by atoms with E-state index in [0.29, 0.717) is 16.8 Å². The second kappa shape index (κ2) is 6.16. The van der Waals surface area contributed by atoms with Gasteiger partial charge in [-0.05, 0) is 25.2 Å². The van der Waals surface area contributed by atoms with Crippen molar-refractivity contribution in [3.63, 3.8) is 0 Å². The fourth-order valence-corrected chi connectivity index (χ4v) is 2.03. The number of ether oxygens (including phenoxy) is 1. The third kappa shape index (κ3) is 3.33. The van der Waals surface area contributed by atoms with Crippen LogP contribution in [0.5, 0.6) is 5.75 Å². The molecule has 0 saturated heterocycles. The molecule has 0 amide bonds. The fourth-order valence-electron chi connectivity index (χ4n) is 1.62. The highest BCUT2D eigenvalue weighted by molar-refractivity contribution is 9.10. The van der Waals surface area contributed by atoms with Gasteiger partial charge in [0, 0.05) is 16.6 Å². The van der Waals surface area contributed by atoms with Crippen molar-refractivity contribution < 1.29 is 17.9 Å². The molecule has 0 saturated carbocycles. The Morgan fingerprint density at radius 1 is 1.37 bits per heavy atom. The summed E-state index contributed by atoms with van der Waals surface area (Å²) in [5, 5.41) is 2.98. The van der Waals surface area contributed by atoms with Crippen LogP contribution in [0.1, 0.15) is 11.3 Å². The Morgan fingerprint density at radius 3 is 2.89 bits per heavy atom. The van der Waals surface area contributed by atoms with E-state index in [1.54, 1.807) is 13.1 Å². The highest BCUT2D eigenvalue weighted by Gasteiger charge is 2.13. The summed E-state index contributed by atoms with van der Waals surface area (Å²) in [6, 6.07) is 4.22. The Bertz CT molecular complexity index is 572. The Labute approximate surface area is 117 Å². The molecular weight excluding hydrogens is 320 g/mol. The summed E-state index contributed by atoms with van der Waals surface area (Å²) in [4.78, 5) is 0. The van der Waals surface area contributed by atoms with Gasteiger partial charge in [-0.25, -0.2) is 4.39 Å². The van der Waals surface area contributed by atoms with Gasteiger partial charge in [-0.2, -0.15) is 4.39 Å². The van der Waals surface area contributed by atoms with Crippen molar-refractivity contribution in [2.75, 3.05) is 7.05 Å². The summed E-state index contributed by atoms with van der Waals surface area (Å²) < 4.78 is 37.6. The maximum absolute atomic E-state index is 13.5. The molecule has 6 heteroatoms. The van der Waals surface area contributed by atoms with Crippen LogP contribution in [0.4, 0.5) is 8.78 Å². The molecule has 0 aliphatic carbocycles. The number of furan rings is 1. The minimum atomic E-state index is -1.01. The van der Waals surface area contributed by atoms with Gasteiger partial charge in [0.1, 0.15) is 12.4 Å². The van der Waals surface area contributed by atoms with Crippen molar-refractivity contribution in [2.24, 2.45) is 0 Å². The van der Waals surface area contributed by atoms with Crippen LogP contribution in [0.2, 0.25) is 0 Å². The molecule has 2 rings (SSSR count). The van der Waals surface area contributed by atoms with Crippen molar-refractivity contribution in [3.05, 3.63) is 51.9 Å². The molecule has 1 aromatic heterocycles. The lowest BCUT2D eigenvalue weighted by molar-refractivity contribution is 0.253. The Hall–Kier alpha value is -1.40. The zero-order chi connectivity index (χ0) is 13.8. The van der Waals surface area contributed by atoms with Gasteiger partial charge in [0.2, 0.25) is 5.82 Å². The van der Waals surface area contributed by atoms with Crippen molar-refractivity contribution in [3.8, 4) is 5.75 Å². The zero-order valence-corrected chi connectivity index (χ0v) is 11.8. The number of hydrogen-bond acceptors (Lipinski definition) is 3. The van der Waals surface area contributed by atoms with E-state index in [4.69, 9.17) is 9.15 Å². The minimum absolute atomic E-state index is 0.0385. The third-order valence-corrected chi connectivity index (χ3v) is 2.98. The van der Waals surface area contributed by atoms with E-state index in [0.717, 1.165) is 11.6 Å². The third-order valence-electron chi connectivity index (χ3n) is 2.52. The molecule has 0 spiro atoms. The van der Waals surface area contributed by atoms with Gasteiger partial charge in [-0.3, -0.25) is 0 Å². The molecule has 0 atom stereocenters. The second-order valence-corrected chi connectivity index (χ2v) is 4.80. The summed E-state index contributed by atoms with van der Waals surface area (Å²) in [6.07, 6.45) is 1.53. The number of benzene rings is 1. The van der Waals surface area contributed by atoms with Crippen LogP contribution in [-0.4, -0.2) is 7.05 Å². The molecule has 3 nitrogen and oxygen atoms in total. The predicted molar refractivity (Wildman–Crippen MR) is 69.9 cm³/mol. The van der Waals surface area contributed by atoms with Crippen LogP contribution in [0, 0.1) is 11.6 Å². The first-order valence-corrected chi connectivity index (χ1v) is 6.38. The number of rotatable bonds is 5. The summed E-state index contributed by atoms with van der Waals surface area (Å²) >= 11 is 3.09. The first-order valence-electron chi connectivity index (χ1n) is 5.59. The van der Waals surface area contributed by atoms with E-state index in [2.05, 4.69) is 21.2 Å². The molecule has 0 bridgehead atoms. The summed E-state index contributed by atoms with van der Waals surface area (Å²) in [5.41, 5.74) is 0.915. The maximum atomic E-state index is 13.5. The predicted octanol–water partition coefficient (Wildman–Crippen LogP) is 3.62. The quantitative estimate of drug-likeness (QED) is 0.850. The molecule has 2 aromatic rings. The van der Waals surface area contributed by atoms with E-state index in [9.17, 15) is 8.78 Å². The highest BCUT2D eigenvalue weighted by Crippen LogP contribution is 2.26. The largest absolute Gasteiger partial charge is 0.482 e. The summed E-state index contributed by atoms with van der Waals surface area (Å²) in [6.45, 7) is 0.654. The van der Waals surface area contributed by atoms with Crippen LogP contribution in [0.3, 0.4) is 0 Å². The normalized spacial score (nSPS) is 10.7. The first-order chi connectivity index (χ1) is 9.11. The lowest BCUT2D eigenvalue weighted by Gasteiger charge is -2.08. The van der Waals surface area contributed by atoms with Crippen molar-refractivity contribution in [1.82, 2.24) is 5.32 Å². The van der Waals surface area contributed by atoms with Gasteiger partial charge in [0.15, 0.2) is 11.6 Å². The van der Waals surface area contributed by atoms with Crippen LogP contribution < -0.4 is 10.1 Å². The molecule has 0 unspecified atom stereocenters. The average molecular weight is 332 g/mol. The summed E-state index contributed by atoms with van der Waals surface area (Å²) in [5.74, 6) is -1.54. The molecule has 1 heterocycles. The van der Waals surface area contributed by atoms with Crippen LogP contribution >= 0.6 is 15.9 Å². The van der Waals surface area contributed by atoms with Gasteiger partial charge >= 0.3 is 0 Å². The van der Waals surface area contributed by atoms with E-state index in [1.807, 2.05) is 0 Å². The van der Waals surface area contributed by atoms with Crippen LogP contribution in [0.25, 0.3) is 0 Å². The average Bonchev–Trinajstić information content (AvgIpc) is 2.80. The maximum Gasteiger partial charge on any atom is 0.200 e. The molecular formula is C13H12BrF2NO2. The van der Waals surface area contributed by atoms with Crippen LogP contribution in [0.15, 0.2) is 33.4 Å². The zero-order valence-electron chi connectivity index (χ0n) is 10.2. The molecule has 0 fully saturated rings. The lowest BCUT2D eigenvalue weighted by atomic mass is 10.2. The van der Waals surface area contributed by atoms with Gasteiger partial charge < -0.3 is 14.5 Å². The van der Waals surface area contributed by atoms with Crippen LogP contribution in [-0.2, 0) is 13.2 Å². The number of hydrogen-bond donors (Lipinski definition) is 1. The number of halogens is 3. The Kier molecular flexibility index (Phi) is 4.55. The highest BCUT2D eigenvalue weighted by atomic mass is 79.9. The molecule has 0 radical (unpaired) electrons. The van der Waals surface area contributed by atoms with E-state index in [1.165, 1.54) is 12.3 Å². The van der Waals surface area contributed by atoms with Gasteiger partial charge in [-0.1, -0.05) is 15.9 Å². The Balaban J connectivity index is 2.12. The molecule has 1 aromatic carbocycles. The SMILES string of the molecule is CNCc1ccoc1COc1cc(Br)cc(F)c1F. The molecule has 0 aliphatic rings. The molecule has 1 N–H and O–H groups in total. The van der Waals surface area contributed by atoms with E-state index < -0.39 is 11.6 Å². The standard InChI is InChI=1S/C13H12BrF2NO2/c1-17-6-8-2-3-18-12(8)7-19-11-5-9(14)4-10(15)13(11)16/h2-5,17H,6-7H2,1H3. The molecule has 0 aliphatic heterocycles. The molecule has 19 heavy (non-hydrogen) atoms. The lowest BCUT2D eigenvalue weighted by Crippen LogP contribution is -2.07. The van der Waals surface area contributed by atoms with E-state index in [-0.39, 0.29) is 12.4 Å². The fraction of sp³-hybridized carbons (Fsp3) is 0.231.